The number of fused-ring (bicyclic) bond motifs is 1. The summed E-state index contributed by atoms with van der Waals surface area (Å²) in [4.78, 5) is 26.8. The summed E-state index contributed by atoms with van der Waals surface area (Å²) in [6.45, 7) is 1.34. The predicted molar refractivity (Wildman–Crippen MR) is 97.0 cm³/mol. The van der Waals surface area contributed by atoms with E-state index >= 15 is 0 Å². The fourth-order valence-corrected chi connectivity index (χ4v) is 3.59. The van der Waals surface area contributed by atoms with Gasteiger partial charge in [0, 0.05) is 38.3 Å². The molecule has 0 aliphatic carbocycles. The number of aromatic nitrogens is 3. The fraction of sp³-hybridized carbons (Fsp3) is 0.333. The Kier molecular flexibility index (Phi) is 5.01. The molecule has 134 valence electrons. The molecular formula is C18H18N4O3S. The third kappa shape index (κ3) is 3.96. The van der Waals surface area contributed by atoms with Crippen LogP contribution >= 0.6 is 11.8 Å². The van der Waals surface area contributed by atoms with Crippen LogP contribution in [0.25, 0.3) is 11.1 Å². The molecule has 1 amide bonds. The smallest absolute Gasteiger partial charge is 0.316 e. The van der Waals surface area contributed by atoms with E-state index in [1.165, 1.54) is 11.8 Å². The van der Waals surface area contributed by atoms with E-state index in [2.05, 4.69) is 15.0 Å². The highest BCUT2D eigenvalue weighted by Gasteiger charge is 2.24. The summed E-state index contributed by atoms with van der Waals surface area (Å²) in [6, 6.07) is 9.73. The highest BCUT2D eigenvalue weighted by molar-refractivity contribution is 7.99. The molecule has 0 radical (unpaired) electrons. The molecule has 1 aliphatic rings. The molecule has 2 aromatic heterocycles. The summed E-state index contributed by atoms with van der Waals surface area (Å²) in [5, 5.41) is 0.527. The molecule has 1 saturated heterocycles. The van der Waals surface area contributed by atoms with Crippen molar-refractivity contribution in [2.45, 2.75) is 24.2 Å². The number of carbonyl (C=O) groups is 1. The van der Waals surface area contributed by atoms with E-state index in [0.29, 0.717) is 30.1 Å². The Balaban J connectivity index is 1.25. The van der Waals surface area contributed by atoms with Crippen molar-refractivity contribution >= 4 is 28.8 Å². The normalized spacial score (nSPS) is 15.3. The number of oxazole rings is 1. The maximum absolute atomic E-state index is 12.4. The lowest BCUT2D eigenvalue weighted by Gasteiger charge is -2.31. The van der Waals surface area contributed by atoms with Crippen molar-refractivity contribution in [2.75, 3.05) is 18.8 Å². The first kappa shape index (κ1) is 16.8. The van der Waals surface area contributed by atoms with Gasteiger partial charge in [0.1, 0.15) is 11.6 Å². The lowest BCUT2D eigenvalue weighted by molar-refractivity contribution is -0.130. The molecule has 26 heavy (non-hydrogen) atoms. The number of carbonyl (C=O) groups excluding carboxylic acids is 1. The van der Waals surface area contributed by atoms with Crippen LogP contribution < -0.4 is 4.74 Å². The number of nitrogens with zero attached hydrogens (tertiary/aromatic N) is 4. The van der Waals surface area contributed by atoms with E-state index in [4.69, 9.17) is 9.15 Å². The topological polar surface area (TPSA) is 81.4 Å². The molecule has 0 unspecified atom stereocenters. The number of likely N-dealkylation sites (tertiary alicyclic amines) is 1. The van der Waals surface area contributed by atoms with Gasteiger partial charge >= 0.3 is 6.01 Å². The molecule has 4 rings (SSSR count). The van der Waals surface area contributed by atoms with E-state index in [1.807, 2.05) is 29.2 Å². The molecule has 3 aromatic rings. The molecule has 8 heteroatoms. The molecule has 1 fully saturated rings. The van der Waals surface area contributed by atoms with Crippen LogP contribution in [0.1, 0.15) is 12.8 Å². The van der Waals surface area contributed by atoms with Crippen molar-refractivity contribution in [3.63, 3.8) is 0 Å². The first-order valence-electron chi connectivity index (χ1n) is 8.48. The van der Waals surface area contributed by atoms with Crippen LogP contribution in [0.2, 0.25) is 0 Å². The quantitative estimate of drug-likeness (QED) is 0.639. The number of rotatable bonds is 5. The van der Waals surface area contributed by atoms with E-state index in [1.54, 1.807) is 18.5 Å². The second-order valence-corrected chi connectivity index (χ2v) is 6.89. The third-order valence-corrected chi connectivity index (χ3v) is 5.02. The lowest BCUT2D eigenvalue weighted by Crippen LogP contribution is -2.42. The summed E-state index contributed by atoms with van der Waals surface area (Å²) in [6.07, 6.45) is 4.91. The molecule has 3 heterocycles. The number of ether oxygens (including phenoxy) is 1. The van der Waals surface area contributed by atoms with E-state index < -0.39 is 0 Å². The number of thioether (sulfide) groups is 1. The van der Waals surface area contributed by atoms with Gasteiger partial charge in [-0.1, -0.05) is 23.9 Å². The molecular weight excluding hydrogens is 352 g/mol. The highest BCUT2D eigenvalue weighted by atomic mass is 32.2. The van der Waals surface area contributed by atoms with E-state index in [0.717, 1.165) is 23.9 Å². The first-order valence-corrected chi connectivity index (χ1v) is 9.46. The van der Waals surface area contributed by atoms with Crippen LogP contribution in [0.3, 0.4) is 0 Å². The molecule has 0 N–H and O–H groups in total. The van der Waals surface area contributed by atoms with Crippen molar-refractivity contribution in [3.05, 3.63) is 42.7 Å². The minimum Gasteiger partial charge on any atom is -0.460 e. The summed E-state index contributed by atoms with van der Waals surface area (Å²) in [5.41, 5.74) is 1.55. The predicted octanol–water partition coefficient (Wildman–Crippen LogP) is 2.78. The van der Waals surface area contributed by atoms with Gasteiger partial charge in [-0.15, -0.1) is 0 Å². The van der Waals surface area contributed by atoms with Gasteiger partial charge in [0.2, 0.25) is 5.91 Å². The average molecular weight is 370 g/mol. The SMILES string of the molecule is O=C(CSc1nc2ccccc2o1)N1CCC(Oc2ncccn2)CC1. The number of hydrogen-bond acceptors (Lipinski definition) is 7. The molecule has 1 aliphatic heterocycles. The zero-order valence-electron chi connectivity index (χ0n) is 14.1. The van der Waals surface area contributed by atoms with Crippen LogP contribution in [0.15, 0.2) is 52.4 Å². The Morgan fingerprint density at radius 2 is 1.96 bits per heavy atom. The van der Waals surface area contributed by atoms with E-state index in [9.17, 15) is 4.79 Å². The van der Waals surface area contributed by atoms with Crippen LogP contribution in [-0.2, 0) is 4.79 Å². The van der Waals surface area contributed by atoms with Crippen LogP contribution in [0, 0.1) is 0 Å². The van der Waals surface area contributed by atoms with Gasteiger partial charge in [0.05, 0.1) is 5.75 Å². The van der Waals surface area contributed by atoms with Crippen molar-refractivity contribution in [2.24, 2.45) is 0 Å². The van der Waals surface area contributed by atoms with Crippen molar-refractivity contribution < 1.29 is 13.9 Å². The molecule has 0 spiro atoms. The van der Waals surface area contributed by atoms with Gasteiger partial charge in [0.25, 0.3) is 5.22 Å². The number of amides is 1. The Morgan fingerprint density at radius 1 is 1.19 bits per heavy atom. The fourth-order valence-electron chi connectivity index (χ4n) is 2.85. The van der Waals surface area contributed by atoms with Gasteiger partial charge in [0.15, 0.2) is 5.58 Å². The number of benzene rings is 1. The second kappa shape index (κ2) is 7.74. The Morgan fingerprint density at radius 3 is 2.73 bits per heavy atom. The minimum atomic E-state index is 0.0474. The largest absolute Gasteiger partial charge is 0.460 e. The Hall–Kier alpha value is -2.61. The highest BCUT2D eigenvalue weighted by Crippen LogP contribution is 2.24. The summed E-state index contributed by atoms with van der Waals surface area (Å²) in [5.74, 6) is 0.409. The number of hydrogen-bond donors (Lipinski definition) is 0. The standard InChI is InChI=1S/C18H18N4O3S/c23-16(12-26-18-21-14-4-1-2-5-15(14)25-18)22-10-6-13(7-11-22)24-17-19-8-3-9-20-17/h1-5,8-9,13H,6-7,10-12H2. The van der Waals surface area contributed by atoms with Crippen LogP contribution in [0.5, 0.6) is 6.01 Å². The molecule has 1 aromatic carbocycles. The maximum atomic E-state index is 12.4. The maximum Gasteiger partial charge on any atom is 0.316 e. The van der Waals surface area contributed by atoms with Gasteiger partial charge in [-0.2, -0.15) is 0 Å². The second-order valence-electron chi connectivity index (χ2n) is 5.97. The molecule has 7 nitrogen and oxygen atoms in total. The summed E-state index contributed by atoms with van der Waals surface area (Å²) >= 11 is 1.33. The Labute approximate surface area is 154 Å². The van der Waals surface area contributed by atoms with Crippen LogP contribution in [-0.4, -0.2) is 50.7 Å². The van der Waals surface area contributed by atoms with Gasteiger partial charge in [-0.25, -0.2) is 15.0 Å². The zero-order valence-corrected chi connectivity index (χ0v) is 14.9. The molecule has 0 saturated carbocycles. The van der Waals surface area contributed by atoms with Crippen molar-refractivity contribution in [3.8, 4) is 6.01 Å². The van der Waals surface area contributed by atoms with Crippen molar-refractivity contribution in [1.82, 2.24) is 19.9 Å². The lowest BCUT2D eigenvalue weighted by atomic mass is 10.1. The Bertz CT molecular complexity index is 845. The van der Waals surface area contributed by atoms with Gasteiger partial charge in [-0.05, 0) is 18.2 Å². The summed E-state index contributed by atoms with van der Waals surface area (Å²) in [7, 11) is 0. The summed E-state index contributed by atoms with van der Waals surface area (Å²) < 4.78 is 11.4. The zero-order chi connectivity index (χ0) is 17.8. The van der Waals surface area contributed by atoms with E-state index in [-0.39, 0.29) is 12.0 Å². The van der Waals surface area contributed by atoms with Crippen LogP contribution in [0.4, 0.5) is 0 Å². The molecule has 0 atom stereocenters. The average Bonchev–Trinajstić information content (AvgIpc) is 3.10. The third-order valence-electron chi connectivity index (χ3n) is 4.20. The number of para-hydroxylation sites is 2. The number of piperidine rings is 1. The van der Waals surface area contributed by atoms with Gasteiger partial charge < -0.3 is 14.1 Å². The molecule has 0 bridgehead atoms. The first-order chi connectivity index (χ1) is 12.8. The monoisotopic (exact) mass is 370 g/mol. The van der Waals surface area contributed by atoms with Gasteiger partial charge in [-0.3, -0.25) is 4.79 Å². The van der Waals surface area contributed by atoms with Crippen molar-refractivity contribution in [1.29, 1.82) is 0 Å². The minimum absolute atomic E-state index is 0.0474.